The Hall–Kier alpha value is -2.57. The first-order chi connectivity index (χ1) is 10.2. The third kappa shape index (κ3) is 2.96. The van der Waals surface area contributed by atoms with Gasteiger partial charge in [-0.2, -0.15) is 0 Å². The summed E-state index contributed by atoms with van der Waals surface area (Å²) in [7, 11) is 0. The summed E-state index contributed by atoms with van der Waals surface area (Å²) in [6.07, 6.45) is 0.458. The first-order valence-corrected chi connectivity index (χ1v) is 6.83. The molecule has 104 valence electrons. The van der Waals surface area contributed by atoms with E-state index in [0.29, 0.717) is 6.42 Å². The molecule has 1 aliphatic rings. The van der Waals surface area contributed by atoms with Gasteiger partial charge in [0.1, 0.15) is 6.61 Å². The zero-order chi connectivity index (χ0) is 14.7. The lowest BCUT2D eigenvalue weighted by atomic mass is 9.92. The Kier molecular flexibility index (Phi) is 3.72. The standard InChI is InChI=1S/C18H15NO2/c19-18(20)12-21-17-11-15-7-2-1-5-13(15)9-10-14-6-3-4-8-16(14)17/h1-8,17H,11-12H2,(H2,19,20). The molecule has 1 aliphatic carbocycles. The van der Waals surface area contributed by atoms with Crippen LogP contribution in [-0.2, 0) is 16.0 Å². The highest BCUT2D eigenvalue weighted by Gasteiger charge is 2.19. The molecule has 21 heavy (non-hydrogen) atoms. The molecule has 0 spiro atoms. The van der Waals surface area contributed by atoms with Crippen molar-refractivity contribution >= 4 is 5.91 Å². The molecule has 0 bridgehead atoms. The van der Waals surface area contributed by atoms with Crippen molar-refractivity contribution in [2.45, 2.75) is 12.5 Å². The van der Waals surface area contributed by atoms with Gasteiger partial charge in [-0.25, -0.2) is 0 Å². The maximum Gasteiger partial charge on any atom is 0.243 e. The summed E-state index contributed by atoms with van der Waals surface area (Å²) in [5.41, 5.74) is 9.25. The van der Waals surface area contributed by atoms with E-state index in [-0.39, 0.29) is 12.7 Å². The molecule has 3 heteroatoms. The number of primary amides is 1. The number of hydrogen-bond acceptors (Lipinski definition) is 2. The Morgan fingerprint density at radius 2 is 1.76 bits per heavy atom. The van der Waals surface area contributed by atoms with Crippen LogP contribution in [0.1, 0.15) is 28.4 Å². The largest absolute Gasteiger partial charge is 0.368 e. The van der Waals surface area contributed by atoms with E-state index in [2.05, 4.69) is 11.8 Å². The van der Waals surface area contributed by atoms with Crippen LogP contribution in [-0.4, -0.2) is 12.5 Å². The minimum Gasteiger partial charge on any atom is -0.368 e. The van der Waals surface area contributed by atoms with Crippen LogP contribution in [0.5, 0.6) is 0 Å². The van der Waals surface area contributed by atoms with Gasteiger partial charge in [0.15, 0.2) is 0 Å². The van der Waals surface area contributed by atoms with Gasteiger partial charge in [0.25, 0.3) is 0 Å². The average Bonchev–Trinajstić information content (AvgIpc) is 2.48. The van der Waals surface area contributed by atoms with E-state index in [4.69, 9.17) is 10.5 Å². The minimum absolute atomic E-state index is 0.0887. The van der Waals surface area contributed by atoms with Gasteiger partial charge < -0.3 is 10.5 Å². The van der Waals surface area contributed by atoms with E-state index in [1.54, 1.807) is 0 Å². The number of hydrogen-bond donors (Lipinski definition) is 1. The first kappa shape index (κ1) is 13.4. The van der Waals surface area contributed by atoms with Gasteiger partial charge in [-0.15, -0.1) is 0 Å². The predicted octanol–water partition coefficient (Wildman–Crippen LogP) is 2.19. The van der Waals surface area contributed by atoms with Crippen molar-refractivity contribution in [1.82, 2.24) is 0 Å². The fourth-order valence-electron chi connectivity index (χ4n) is 2.49. The number of carbonyl (C=O) groups excluding carboxylic acids is 1. The normalized spacial score (nSPS) is 15.7. The summed E-state index contributed by atoms with van der Waals surface area (Å²) in [5, 5.41) is 0. The summed E-state index contributed by atoms with van der Waals surface area (Å²) in [6.45, 7) is -0.0887. The van der Waals surface area contributed by atoms with E-state index in [9.17, 15) is 4.79 Å². The Labute approximate surface area is 123 Å². The molecule has 2 N–H and O–H groups in total. The number of amides is 1. The highest BCUT2D eigenvalue weighted by atomic mass is 16.5. The molecule has 0 saturated heterocycles. The van der Waals surface area contributed by atoms with Crippen molar-refractivity contribution in [3.8, 4) is 11.8 Å². The topological polar surface area (TPSA) is 52.3 Å². The van der Waals surface area contributed by atoms with Crippen molar-refractivity contribution in [2.75, 3.05) is 6.61 Å². The summed E-state index contributed by atoms with van der Waals surface area (Å²) in [4.78, 5) is 11.0. The highest BCUT2D eigenvalue weighted by molar-refractivity contribution is 5.75. The summed E-state index contributed by atoms with van der Waals surface area (Å²) >= 11 is 0. The van der Waals surface area contributed by atoms with Crippen molar-refractivity contribution in [1.29, 1.82) is 0 Å². The van der Waals surface area contributed by atoms with E-state index < -0.39 is 5.91 Å². The molecule has 1 amide bonds. The van der Waals surface area contributed by atoms with Crippen molar-refractivity contribution < 1.29 is 9.53 Å². The van der Waals surface area contributed by atoms with Crippen LogP contribution in [0, 0.1) is 11.8 Å². The average molecular weight is 277 g/mol. The van der Waals surface area contributed by atoms with Crippen LogP contribution in [0.2, 0.25) is 0 Å². The Bertz CT molecular complexity index is 740. The van der Waals surface area contributed by atoms with Gasteiger partial charge in [0.05, 0.1) is 6.10 Å². The van der Waals surface area contributed by atoms with Crippen LogP contribution in [0.4, 0.5) is 0 Å². The van der Waals surface area contributed by atoms with Gasteiger partial charge in [-0.3, -0.25) is 4.79 Å². The first-order valence-electron chi connectivity index (χ1n) is 6.83. The molecule has 1 unspecified atom stereocenters. The zero-order valence-corrected chi connectivity index (χ0v) is 11.5. The van der Waals surface area contributed by atoms with Gasteiger partial charge in [0, 0.05) is 17.5 Å². The second-order valence-corrected chi connectivity index (χ2v) is 4.96. The lowest BCUT2D eigenvalue weighted by molar-refractivity contribution is -0.124. The number of fused-ring (bicyclic) bond motifs is 2. The molecule has 0 saturated carbocycles. The summed E-state index contributed by atoms with van der Waals surface area (Å²) in [5.74, 6) is 5.94. The zero-order valence-electron chi connectivity index (χ0n) is 11.5. The molecule has 0 radical (unpaired) electrons. The smallest absolute Gasteiger partial charge is 0.243 e. The molecule has 0 heterocycles. The maximum atomic E-state index is 11.0. The van der Waals surface area contributed by atoms with Crippen LogP contribution in [0.25, 0.3) is 0 Å². The molecule has 0 fully saturated rings. The monoisotopic (exact) mass is 277 g/mol. The second-order valence-electron chi connectivity index (χ2n) is 4.96. The van der Waals surface area contributed by atoms with Crippen LogP contribution < -0.4 is 5.73 Å². The molecule has 1 atom stereocenters. The molecule has 0 aromatic heterocycles. The van der Waals surface area contributed by atoms with E-state index in [1.807, 2.05) is 48.5 Å². The lowest BCUT2D eigenvalue weighted by Crippen LogP contribution is -2.22. The lowest BCUT2D eigenvalue weighted by Gasteiger charge is -2.21. The van der Waals surface area contributed by atoms with Gasteiger partial charge in [-0.05, 0) is 23.3 Å². The van der Waals surface area contributed by atoms with Crippen molar-refractivity contribution in [2.24, 2.45) is 5.73 Å². The number of rotatable bonds is 3. The highest BCUT2D eigenvalue weighted by Crippen LogP contribution is 2.28. The van der Waals surface area contributed by atoms with Gasteiger partial charge >= 0.3 is 0 Å². The van der Waals surface area contributed by atoms with Crippen LogP contribution in [0.15, 0.2) is 48.5 Å². The third-order valence-electron chi connectivity index (χ3n) is 3.49. The molecule has 0 aliphatic heterocycles. The number of nitrogens with two attached hydrogens (primary N) is 1. The Morgan fingerprint density at radius 1 is 1.10 bits per heavy atom. The molecule has 3 rings (SSSR count). The van der Waals surface area contributed by atoms with Crippen LogP contribution >= 0.6 is 0 Å². The SMILES string of the molecule is NC(=O)COC1Cc2ccccc2C#Cc2ccccc21. The van der Waals surface area contributed by atoms with E-state index in [1.165, 1.54) is 0 Å². The molecular weight excluding hydrogens is 262 g/mol. The fourth-order valence-corrected chi connectivity index (χ4v) is 2.49. The van der Waals surface area contributed by atoms with E-state index >= 15 is 0 Å². The van der Waals surface area contributed by atoms with Crippen molar-refractivity contribution in [3.63, 3.8) is 0 Å². The minimum atomic E-state index is -0.464. The summed E-state index contributed by atoms with van der Waals surface area (Å²) < 4.78 is 5.72. The number of benzene rings is 2. The van der Waals surface area contributed by atoms with E-state index in [0.717, 1.165) is 22.3 Å². The number of carbonyl (C=O) groups is 1. The quantitative estimate of drug-likeness (QED) is 0.874. The van der Waals surface area contributed by atoms with Gasteiger partial charge in [0.2, 0.25) is 5.91 Å². The second kappa shape index (κ2) is 5.82. The molecule has 2 aromatic rings. The third-order valence-corrected chi connectivity index (χ3v) is 3.49. The molecular formula is C18H15NO2. The summed E-state index contributed by atoms with van der Waals surface area (Å²) in [6, 6.07) is 15.9. The number of ether oxygens (including phenoxy) is 1. The Morgan fingerprint density at radius 3 is 2.57 bits per heavy atom. The Balaban J connectivity index is 2.05. The predicted molar refractivity (Wildman–Crippen MR) is 80.5 cm³/mol. The van der Waals surface area contributed by atoms with Gasteiger partial charge in [-0.1, -0.05) is 48.2 Å². The molecule has 2 aromatic carbocycles. The van der Waals surface area contributed by atoms with Crippen LogP contribution in [0.3, 0.4) is 0 Å². The van der Waals surface area contributed by atoms with Crippen molar-refractivity contribution in [3.05, 3.63) is 70.8 Å². The molecule has 3 nitrogen and oxygen atoms in total. The fraction of sp³-hybridized carbons (Fsp3) is 0.167. The maximum absolute atomic E-state index is 11.0.